The molecule has 5 fully saturated rings. The largest absolute Gasteiger partial charge is 0.418 e. The first-order valence-corrected chi connectivity index (χ1v) is 16.0. The van der Waals surface area contributed by atoms with Crippen molar-refractivity contribution in [2.24, 2.45) is 17.8 Å². The van der Waals surface area contributed by atoms with Gasteiger partial charge in [-0.2, -0.15) is 13.2 Å². The van der Waals surface area contributed by atoms with E-state index in [1.54, 1.807) is 6.07 Å². The average molecular weight is 648 g/mol. The van der Waals surface area contributed by atoms with E-state index in [1.807, 2.05) is 19.1 Å². The highest BCUT2D eigenvalue weighted by Crippen LogP contribution is 2.55. The van der Waals surface area contributed by atoms with E-state index >= 15 is 0 Å². The van der Waals surface area contributed by atoms with Gasteiger partial charge < -0.3 is 21.3 Å². The van der Waals surface area contributed by atoms with Gasteiger partial charge in [-0.1, -0.05) is 47.3 Å². The van der Waals surface area contributed by atoms with Crippen molar-refractivity contribution in [3.63, 3.8) is 0 Å². The van der Waals surface area contributed by atoms with E-state index < -0.39 is 11.7 Å². The Bertz CT molecular complexity index is 1240. The lowest BCUT2D eigenvalue weighted by Gasteiger charge is -2.57. The summed E-state index contributed by atoms with van der Waals surface area (Å²) in [6.45, 7) is 2.04. The standard InChI is InChI=1S/C18H22F3N3.C14H20BrN3/c19-18(20,21)14-3-1-2-4-15(14)23-16(22)24-17-8-11-5-12(9-17)7-13(6-11)10-17;1-10-9-11(15)7-8-13(10)18-14(16)17-12-5-3-2-4-6-12/h1-4,11-13H,5-10H2,(H3,22,23,24);7-9,12H,2-6H2,1H3,(H3,16,17,18). The van der Waals surface area contributed by atoms with Crippen molar-refractivity contribution in [3.8, 4) is 0 Å². The van der Waals surface area contributed by atoms with Crippen molar-refractivity contribution in [1.82, 2.24) is 10.6 Å². The SMILES string of the molecule is Cc1cc(Br)ccc1NC(=N)NC1CCCCC1.N=C(Nc1ccccc1C(F)(F)F)NC12CC3CC(CC(C3)C1)C2. The van der Waals surface area contributed by atoms with Crippen LogP contribution in [0.3, 0.4) is 0 Å². The Kier molecular flexibility index (Phi) is 9.40. The molecule has 4 bridgehead atoms. The summed E-state index contributed by atoms with van der Waals surface area (Å²) in [6, 6.07) is 11.8. The molecule has 5 saturated carbocycles. The van der Waals surface area contributed by atoms with Gasteiger partial charge in [0.15, 0.2) is 11.9 Å². The maximum atomic E-state index is 13.1. The Morgan fingerprint density at radius 2 is 1.43 bits per heavy atom. The summed E-state index contributed by atoms with van der Waals surface area (Å²) in [6.07, 6.45) is 8.85. The van der Waals surface area contributed by atoms with Crippen molar-refractivity contribution < 1.29 is 13.2 Å². The number of aryl methyl sites for hydroxylation is 1. The van der Waals surface area contributed by atoms with Crippen LogP contribution >= 0.6 is 15.9 Å². The first kappa shape index (κ1) is 30.7. The van der Waals surface area contributed by atoms with Gasteiger partial charge in [-0.3, -0.25) is 10.8 Å². The smallest absolute Gasteiger partial charge is 0.354 e. The van der Waals surface area contributed by atoms with Gasteiger partial charge in [-0.05, 0) is 112 Å². The number of para-hydroxylation sites is 1. The second kappa shape index (κ2) is 12.9. The van der Waals surface area contributed by atoms with Crippen molar-refractivity contribution in [1.29, 1.82) is 10.8 Å². The second-order valence-electron chi connectivity index (χ2n) is 12.8. The maximum absolute atomic E-state index is 13.1. The first-order valence-electron chi connectivity index (χ1n) is 15.2. The Hall–Kier alpha value is -2.75. The molecule has 228 valence electrons. The van der Waals surface area contributed by atoms with Crippen LogP contribution in [-0.2, 0) is 6.18 Å². The van der Waals surface area contributed by atoms with E-state index in [0.29, 0.717) is 12.0 Å². The van der Waals surface area contributed by atoms with Crippen LogP contribution in [0, 0.1) is 35.5 Å². The highest BCUT2D eigenvalue weighted by Gasteiger charge is 2.51. The molecule has 42 heavy (non-hydrogen) atoms. The third kappa shape index (κ3) is 7.79. The Morgan fingerprint density at radius 3 is 2.02 bits per heavy atom. The van der Waals surface area contributed by atoms with Crippen molar-refractivity contribution in [2.45, 2.75) is 95.3 Å². The molecule has 7 rings (SSSR count). The minimum atomic E-state index is -4.43. The van der Waals surface area contributed by atoms with Gasteiger partial charge in [0.2, 0.25) is 0 Å². The molecule has 0 unspecified atom stereocenters. The Labute approximate surface area is 255 Å². The van der Waals surface area contributed by atoms with Gasteiger partial charge in [-0.15, -0.1) is 0 Å². The lowest BCUT2D eigenvalue weighted by Crippen LogP contribution is -2.60. The van der Waals surface area contributed by atoms with E-state index in [0.717, 1.165) is 58.8 Å². The number of anilines is 2. The van der Waals surface area contributed by atoms with Gasteiger partial charge in [0, 0.05) is 21.7 Å². The minimum Gasteiger partial charge on any atom is -0.354 e. The minimum absolute atomic E-state index is 0.0198. The van der Waals surface area contributed by atoms with Crippen molar-refractivity contribution >= 4 is 39.2 Å². The molecule has 0 heterocycles. The monoisotopic (exact) mass is 646 g/mol. The van der Waals surface area contributed by atoms with Crippen LogP contribution in [0.15, 0.2) is 46.9 Å². The summed E-state index contributed by atoms with van der Waals surface area (Å²) in [4.78, 5) is 0. The molecular formula is C32H42BrF3N6. The van der Waals surface area contributed by atoms with E-state index in [-0.39, 0.29) is 17.2 Å². The van der Waals surface area contributed by atoms with E-state index in [1.165, 1.54) is 63.5 Å². The van der Waals surface area contributed by atoms with Crippen LogP contribution in [0.5, 0.6) is 0 Å². The fraction of sp³-hybridized carbons (Fsp3) is 0.562. The molecule has 0 amide bonds. The number of hydrogen-bond donors (Lipinski definition) is 6. The summed E-state index contributed by atoms with van der Waals surface area (Å²) in [7, 11) is 0. The number of benzene rings is 2. The van der Waals surface area contributed by atoms with Crippen LogP contribution in [0.2, 0.25) is 0 Å². The van der Waals surface area contributed by atoms with Gasteiger partial charge >= 0.3 is 6.18 Å². The molecule has 0 atom stereocenters. The highest BCUT2D eigenvalue weighted by atomic mass is 79.9. The number of alkyl halides is 3. The van der Waals surface area contributed by atoms with E-state index in [2.05, 4.69) is 43.3 Å². The number of nitrogens with one attached hydrogen (secondary N) is 6. The Balaban J connectivity index is 0.000000176. The van der Waals surface area contributed by atoms with Crippen LogP contribution in [0.25, 0.3) is 0 Å². The quantitative estimate of drug-likeness (QED) is 0.148. The van der Waals surface area contributed by atoms with Crippen LogP contribution in [-0.4, -0.2) is 23.5 Å². The number of rotatable bonds is 4. The fourth-order valence-corrected chi connectivity index (χ4v) is 8.40. The molecule has 0 aliphatic heterocycles. The predicted octanol–water partition coefficient (Wildman–Crippen LogP) is 8.64. The Morgan fingerprint density at radius 1 is 0.833 bits per heavy atom. The molecule has 0 saturated heterocycles. The summed E-state index contributed by atoms with van der Waals surface area (Å²) in [5, 5.41) is 28.5. The molecule has 0 spiro atoms. The fourth-order valence-electron chi connectivity index (χ4n) is 7.92. The second-order valence-corrected chi connectivity index (χ2v) is 13.7. The molecular weight excluding hydrogens is 605 g/mol. The number of halogens is 4. The van der Waals surface area contributed by atoms with Gasteiger partial charge in [-0.25, -0.2) is 0 Å². The third-order valence-electron chi connectivity index (χ3n) is 9.32. The zero-order chi connectivity index (χ0) is 29.9. The van der Waals surface area contributed by atoms with Crippen LogP contribution in [0.4, 0.5) is 24.5 Å². The molecule has 0 aromatic heterocycles. The predicted molar refractivity (Wildman–Crippen MR) is 167 cm³/mol. The summed E-state index contributed by atoms with van der Waals surface area (Å²) >= 11 is 3.45. The van der Waals surface area contributed by atoms with Crippen LogP contribution in [0.1, 0.15) is 81.8 Å². The lowest BCUT2D eigenvalue weighted by molar-refractivity contribution is -0.136. The van der Waals surface area contributed by atoms with Crippen LogP contribution < -0.4 is 21.3 Å². The molecule has 5 aliphatic carbocycles. The van der Waals surface area contributed by atoms with Crippen molar-refractivity contribution in [2.75, 3.05) is 10.6 Å². The molecule has 5 aliphatic rings. The van der Waals surface area contributed by atoms with E-state index in [4.69, 9.17) is 10.8 Å². The maximum Gasteiger partial charge on any atom is 0.418 e. The van der Waals surface area contributed by atoms with E-state index in [9.17, 15) is 13.2 Å². The molecule has 2 aromatic rings. The normalized spacial score (nSPS) is 26.5. The first-order chi connectivity index (χ1) is 20.0. The van der Waals surface area contributed by atoms with Gasteiger partial charge in [0.1, 0.15) is 0 Å². The topological polar surface area (TPSA) is 95.8 Å². The molecule has 0 radical (unpaired) electrons. The number of hydrogen-bond acceptors (Lipinski definition) is 2. The van der Waals surface area contributed by atoms with Gasteiger partial charge in [0.25, 0.3) is 0 Å². The summed E-state index contributed by atoms with van der Waals surface area (Å²) < 4.78 is 40.3. The number of guanidine groups is 2. The molecule has 6 nitrogen and oxygen atoms in total. The third-order valence-corrected chi connectivity index (χ3v) is 9.82. The molecule has 6 N–H and O–H groups in total. The van der Waals surface area contributed by atoms with Crippen molar-refractivity contribution in [3.05, 3.63) is 58.1 Å². The molecule has 2 aromatic carbocycles. The lowest BCUT2D eigenvalue weighted by atomic mass is 9.53. The zero-order valence-electron chi connectivity index (χ0n) is 24.1. The average Bonchev–Trinajstić information content (AvgIpc) is 2.90. The zero-order valence-corrected chi connectivity index (χ0v) is 25.7. The summed E-state index contributed by atoms with van der Waals surface area (Å²) in [5.41, 5.74) is 1.24. The summed E-state index contributed by atoms with van der Waals surface area (Å²) in [5.74, 6) is 2.55. The molecule has 10 heteroatoms. The van der Waals surface area contributed by atoms with Gasteiger partial charge in [0.05, 0.1) is 11.3 Å². The highest BCUT2D eigenvalue weighted by molar-refractivity contribution is 9.10.